The van der Waals surface area contributed by atoms with Crippen LogP contribution in [0.25, 0.3) is 0 Å². The van der Waals surface area contributed by atoms with Crippen LogP contribution in [-0.4, -0.2) is 28.4 Å². The summed E-state index contributed by atoms with van der Waals surface area (Å²) in [5.41, 5.74) is 13.1. The van der Waals surface area contributed by atoms with Crippen molar-refractivity contribution < 1.29 is 4.79 Å². The molecular formula is C14H22N4O. The van der Waals surface area contributed by atoms with Crippen LogP contribution in [0.5, 0.6) is 0 Å². The normalized spacial score (nSPS) is 24.3. The number of likely N-dealkylation sites (tertiary alicyclic amines) is 1. The molecule has 2 heterocycles. The van der Waals surface area contributed by atoms with Crippen LogP contribution in [0.3, 0.4) is 0 Å². The van der Waals surface area contributed by atoms with Crippen LogP contribution < -0.4 is 11.5 Å². The van der Waals surface area contributed by atoms with E-state index >= 15 is 0 Å². The first-order valence-electron chi connectivity index (χ1n) is 6.77. The van der Waals surface area contributed by atoms with Gasteiger partial charge in [0.05, 0.1) is 11.6 Å². The second-order valence-corrected chi connectivity index (χ2v) is 5.31. The van der Waals surface area contributed by atoms with Gasteiger partial charge in [0.1, 0.15) is 0 Å². The maximum absolute atomic E-state index is 11.3. The monoisotopic (exact) mass is 262 g/mol. The van der Waals surface area contributed by atoms with Gasteiger partial charge in [0, 0.05) is 31.9 Å². The van der Waals surface area contributed by atoms with Crippen LogP contribution in [0.4, 0.5) is 0 Å². The van der Waals surface area contributed by atoms with E-state index in [1.807, 2.05) is 12.1 Å². The summed E-state index contributed by atoms with van der Waals surface area (Å²) in [6.07, 6.45) is 3.71. The molecule has 2 rings (SSSR count). The lowest BCUT2D eigenvalue weighted by Gasteiger charge is -2.36. The largest absolute Gasteiger partial charge is 0.369 e. The fraction of sp³-hybridized carbons (Fsp3) is 0.571. The minimum atomic E-state index is -0.186. The van der Waals surface area contributed by atoms with Crippen LogP contribution >= 0.6 is 0 Å². The second-order valence-electron chi connectivity index (χ2n) is 5.31. The number of piperidine rings is 1. The Labute approximate surface area is 114 Å². The molecule has 0 radical (unpaired) electrons. The lowest BCUT2D eigenvalue weighted by molar-refractivity contribution is -0.124. The molecule has 2 atom stereocenters. The molecule has 5 heteroatoms. The molecule has 0 bridgehead atoms. The van der Waals surface area contributed by atoms with Gasteiger partial charge in [0.2, 0.25) is 5.91 Å². The molecule has 2 unspecified atom stereocenters. The summed E-state index contributed by atoms with van der Waals surface area (Å²) in [6, 6.07) is 4.51. The fourth-order valence-electron chi connectivity index (χ4n) is 2.60. The Bertz CT molecular complexity index is 449. The van der Waals surface area contributed by atoms with E-state index in [-0.39, 0.29) is 11.8 Å². The van der Waals surface area contributed by atoms with Crippen LogP contribution in [0.1, 0.15) is 31.0 Å². The van der Waals surface area contributed by atoms with Crippen LogP contribution in [0, 0.1) is 5.92 Å². The van der Waals surface area contributed by atoms with Crippen LogP contribution in [0.15, 0.2) is 18.3 Å². The first-order valence-corrected chi connectivity index (χ1v) is 6.77. The van der Waals surface area contributed by atoms with E-state index in [1.54, 1.807) is 6.20 Å². The van der Waals surface area contributed by atoms with Gasteiger partial charge in [0.25, 0.3) is 0 Å². The highest BCUT2D eigenvalue weighted by Crippen LogP contribution is 2.23. The topological polar surface area (TPSA) is 85.2 Å². The Morgan fingerprint density at radius 3 is 3.00 bits per heavy atom. The molecule has 1 aliphatic rings. The van der Waals surface area contributed by atoms with Gasteiger partial charge >= 0.3 is 0 Å². The van der Waals surface area contributed by atoms with E-state index in [4.69, 9.17) is 11.5 Å². The number of rotatable bonds is 4. The zero-order valence-corrected chi connectivity index (χ0v) is 11.4. The lowest BCUT2D eigenvalue weighted by atomic mass is 9.92. The number of carbonyl (C=O) groups excluding carboxylic acids is 1. The van der Waals surface area contributed by atoms with Crippen molar-refractivity contribution in [2.45, 2.75) is 38.9 Å². The van der Waals surface area contributed by atoms with Crippen LogP contribution in [-0.2, 0) is 17.9 Å². The quantitative estimate of drug-likeness (QED) is 0.833. The van der Waals surface area contributed by atoms with Crippen molar-refractivity contribution in [2.75, 3.05) is 6.54 Å². The standard InChI is InChI=1S/C14H22N4O/c1-10-2-3-12(14(16)19)9-18(10)8-11-4-5-17-13(6-11)7-15/h4-6,10,12H,2-3,7-9,15H2,1H3,(H2,16,19). The van der Waals surface area contributed by atoms with E-state index < -0.39 is 0 Å². The summed E-state index contributed by atoms with van der Waals surface area (Å²) >= 11 is 0. The molecule has 0 spiro atoms. The average Bonchev–Trinajstić information content (AvgIpc) is 2.41. The van der Waals surface area contributed by atoms with Crippen molar-refractivity contribution >= 4 is 5.91 Å². The Hall–Kier alpha value is -1.46. The van der Waals surface area contributed by atoms with Crippen molar-refractivity contribution in [3.8, 4) is 0 Å². The molecule has 1 aromatic rings. The maximum Gasteiger partial charge on any atom is 0.221 e. The van der Waals surface area contributed by atoms with Crippen molar-refractivity contribution in [2.24, 2.45) is 17.4 Å². The molecule has 104 valence electrons. The molecule has 0 saturated carbocycles. The van der Waals surface area contributed by atoms with Crippen molar-refractivity contribution in [3.05, 3.63) is 29.6 Å². The predicted octanol–water partition coefficient (Wildman–Crippen LogP) is 0.626. The minimum Gasteiger partial charge on any atom is -0.369 e. The smallest absolute Gasteiger partial charge is 0.221 e. The summed E-state index contributed by atoms with van der Waals surface area (Å²) in [4.78, 5) is 17.8. The van der Waals surface area contributed by atoms with E-state index in [2.05, 4.69) is 16.8 Å². The molecule has 5 nitrogen and oxygen atoms in total. The summed E-state index contributed by atoms with van der Waals surface area (Å²) in [5.74, 6) is -0.207. The molecule has 1 amide bonds. The van der Waals surface area contributed by atoms with Crippen molar-refractivity contribution in [1.29, 1.82) is 0 Å². The van der Waals surface area contributed by atoms with Gasteiger partial charge in [-0.15, -0.1) is 0 Å². The number of amides is 1. The number of hydrogen-bond donors (Lipinski definition) is 2. The highest BCUT2D eigenvalue weighted by Gasteiger charge is 2.28. The first kappa shape index (κ1) is 14.0. The van der Waals surface area contributed by atoms with Crippen LogP contribution in [0.2, 0.25) is 0 Å². The molecule has 0 aliphatic carbocycles. The number of primary amides is 1. The van der Waals surface area contributed by atoms with Gasteiger partial charge in [-0.05, 0) is 37.5 Å². The van der Waals surface area contributed by atoms with Crippen molar-refractivity contribution in [3.63, 3.8) is 0 Å². The third-order valence-corrected chi connectivity index (χ3v) is 3.89. The number of carbonyl (C=O) groups is 1. The Morgan fingerprint density at radius 2 is 2.32 bits per heavy atom. The summed E-state index contributed by atoms with van der Waals surface area (Å²) < 4.78 is 0. The van der Waals surface area contributed by atoms with E-state index in [0.717, 1.165) is 31.6 Å². The number of hydrogen-bond acceptors (Lipinski definition) is 4. The van der Waals surface area contributed by atoms with E-state index in [1.165, 1.54) is 5.56 Å². The van der Waals surface area contributed by atoms with Crippen molar-refractivity contribution in [1.82, 2.24) is 9.88 Å². The van der Waals surface area contributed by atoms with E-state index in [0.29, 0.717) is 12.6 Å². The highest BCUT2D eigenvalue weighted by molar-refractivity contribution is 5.76. The number of pyridine rings is 1. The summed E-state index contributed by atoms with van der Waals surface area (Å²) in [7, 11) is 0. The molecule has 0 aromatic carbocycles. The molecule has 1 saturated heterocycles. The zero-order valence-electron chi connectivity index (χ0n) is 11.4. The average molecular weight is 262 g/mol. The highest BCUT2D eigenvalue weighted by atomic mass is 16.1. The predicted molar refractivity (Wildman–Crippen MR) is 73.9 cm³/mol. The summed E-state index contributed by atoms with van der Waals surface area (Å²) in [5, 5.41) is 0. The fourth-order valence-corrected chi connectivity index (χ4v) is 2.60. The Balaban J connectivity index is 2.05. The van der Waals surface area contributed by atoms with Gasteiger partial charge in [-0.2, -0.15) is 0 Å². The summed E-state index contributed by atoms with van der Waals surface area (Å²) in [6.45, 7) is 4.22. The Kier molecular flexibility index (Phi) is 4.50. The first-order chi connectivity index (χ1) is 9.10. The zero-order chi connectivity index (χ0) is 13.8. The van der Waals surface area contributed by atoms with Gasteiger partial charge in [-0.25, -0.2) is 0 Å². The van der Waals surface area contributed by atoms with Gasteiger partial charge in [-0.1, -0.05) is 0 Å². The SMILES string of the molecule is CC1CCC(C(N)=O)CN1Cc1ccnc(CN)c1. The molecule has 4 N–H and O–H groups in total. The molecule has 1 aromatic heterocycles. The van der Waals surface area contributed by atoms with Gasteiger partial charge < -0.3 is 11.5 Å². The van der Waals surface area contributed by atoms with E-state index in [9.17, 15) is 4.79 Å². The maximum atomic E-state index is 11.3. The Morgan fingerprint density at radius 1 is 1.53 bits per heavy atom. The van der Waals surface area contributed by atoms with Gasteiger partial charge in [0.15, 0.2) is 0 Å². The number of aromatic nitrogens is 1. The third kappa shape index (κ3) is 3.52. The van der Waals surface area contributed by atoms with Gasteiger partial charge in [-0.3, -0.25) is 14.7 Å². The molecule has 1 aliphatic heterocycles. The number of nitrogens with two attached hydrogens (primary N) is 2. The third-order valence-electron chi connectivity index (χ3n) is 3.89. The second kappa shape index (κ2) is 6.12. The number of nitrogens with zero attached hydrogens (tertiary/aromatic N) is 2. The molecule has 19 heavy (non-hydrogen) atoms. The lowest BCUT2D eigenvalue weighted by Crippen LogP contribution is -2.45. The minimum absolute atomic E-state index is 0.0213. The molecular weight excluding hydrogens is 240 g/mol. The molecule has 1 fully saturated rings.